The summed E-state index contributed by atoms with van der Waals surface area (Å²) in [6, 6.07) is 3.35. The highest BCUT2D eigenvalue weighted by Crippen LogP contribution is 2.28. The first kappa shape index (κ1) is 12.9. The Morgan fingerprint density at radius 3 is 2.83 bits per heavy atom. The summed E-state index contributed by atoms with van der Waals surface area (Å²) in [5.74, 6) is 0.776. The average molecular weight is 247 g/mol. The molecule has 1 heterocycles. The largest absolute Gasteiger partial charge is 0.397 e. The molecule has 1 saturated carbocycles. The number of amides is 1. The number of hydrogen-bond donors (Lipinski definition) is 2. The Bertz CT molecular complexity index is 383. The molecule has 0 unspecified atom stereocenters. The van der Waals surface area contributed by atoms with Crippen molar-refractivity contribution in [3.8, 4) is 0 Å². The first-order chi connectivity index (χ1) is 8.75. The molecular formula is C14H21N3O. The summed E-state index contributed by atoms with van der Waals surface area (Å²) >= 11 is 0. The minimum atomic E-state index is -0.110. The predicted molar refractivity (Wildman–Crippen MR) is 72.2 cm³/mol. The number of carbonyl (C=O) groups is 1. The lowest BCUT2D eigenvalue weighted by molar-refractivity contribution is 0.0947. The van der Waals surface area contributed by atoms with E-state index in [4.69, 9.17) is 5.73 Å². The molecule has 4 heteroatoms. The van der Waals surface area contributed by atoms with Gasteiger partial charge in [0.15, 0.2) is 0 Å². The van der Waals surface area contributed by atoms with Crippen molar-refractivity contribution in [1.82, 2.24) is 10.3 Å². The molecule has 98 valence electrons. The SMILES string of the molecule is Nc1ccc(C(=O)NCCCC2CCCC2)nc1. The molecule has 1 aromatic heterocycles. The minimum absolute atomic E-state index is 0.110. The summed E-state index contributed by atoms with van der Waals surface area (Å²) in [7, 11) is 0. The molecule has 0 bridgehead atoms. The molecule has 1 aliphatic rings. The Balaban J connectivity index is 1.66. The molecule has 3 N–H and O–H groups in total. The van der Waals surface area contributed by atoms with Crippen LogP contribution in [0.25, 0.3) is 0 Å². The van der Waals surface area contributed by atoms with Crippen LogP contribution in [0.1, 0.15) is 49.0 Å². The molecule has 18 heavy (non-hydrogen) atoms. The van der Waals surface area contributed by atoms with Crippen molar-refractivity contribution in [3.63, 3.8) is 0 Å². The van der Waals surface area contributed by atoms with E-state index in [2.05, 4.69) is 10.3 Å². The number of pyridine rings is 1. The lowest BCUT2D eigenvalue weighted by Crippen LogP contribution is -2.25. The maximum Gasteiger partial charge on any atom is 0.269 e. The summed E-state index contributed by atoms with van der Waals surface area (Å²) < 4.78 is 0. The Morgan fingerprint density at radius 2 is 2.17 bits per heavy atom. The van der Waals surface area contributed by atoms with Gasteiger partial charge in [0, 0.05) is 6.54 Å². The van der Waals surface area contributed by atoms with E-state index >= 15 is 0 Å². The Kier molecular flexibility index (Phi) is 4.56. The number of nitrogen functional groups attached to an aromatic ring is 1. The lowest BCUT2D eigenvalue weighted by atomic mass is 10.0. The second kappa shape index (κ2) is 6.38. The predicted octanol–water partition coefficient (Wildman–Crippen LogP) is 2.36. The summed E-state index contributed by atoms with van der Waals surface area (Å²) in [5.41, 5.74) is 6.54. The first-order valence-corrected chi connectivity index (χ1v) is 6.75. The molecule has 1 aromatic rings. The third-order valence-corrected chi connectivity index (χ3v) is 3.57. The summed E-state index contributed by atoms with van der Waals surface area (Å²) in [5, 5.41) is 2.90. The molecular weight excluding hydrogens is 226 g/mol. The highest BCUT2D eigenvalue weighted by atomic mass is 16.1. The van der Waals surface area contributed by atoms with E-state index < -0.39 is 0 Å². The Labute approximate surface area is 108 Å². The Morgan fingerprint density at radius 1 is 1.39 bits per heavy atom. The topological polar surface area (TPSA) is 68.0 Å². The van der Waals surface area contributed by atoms with Crippen molar-refractivity contribution in [2.75, 3.05) is 12.3 Å². The van der Waals surface area contributed by atoms with Crippen molar-refractivity contribution in [2.45, 2.75) is 38.5 Å². The molecule has 2 rings (SSSR count). The van der Waals surface area contributed by atoms with E-state index in [0.29, 0.717) is 11.4 Å². The minimum Gasteiger partial charge on any atom is -0.397 e. The van der Waals surface area contributed by atoms with Gasteiger partial charge >= 0.3 is 0 Å². The number of nitrogens with two attached hydrogens (primary N) is 1. The van der Waals surface area contributed by atoms with Gasteiger partial charge in [-0.3, -0.25) is 4.79 Å². The molecule has 1 amide bonds. The van der Waals surface area contributed by atoms with Crippen LogP contribution in [0.2, 0.25) is 0 Å². The number of nitrogens with one attached hydrogen (secondary N) is 1. The van der Waals surface area contributed by atoms with E-state index in [-0.39, 0.29) is 5.91 Å². The molecule has 1 aliphatic carbocycles. The third-order valence-electron chi connectivity index (χ3n) is 3.57. The van der Waals surface area contributed by atoms with Crippen LogP contribution in [0, 0.1) is 5.92 Å². The molecule has 0 saturated heterocycles. The molecule has 4 nitrogen and oxygen atoms in total. The van der Waals surface area contributed by atoms with Crippen LogP contribution in [0.4, 0.5) is 5.69 Å². The standard InChI is InChI=1S/C14H21N3O/c15-12-7-8-13(17-10-12)14(18)16-9-3-6-11-4-1-2-5-11/h7-8,10-11H,1-6,9,15H2,(H,16,18). The zero-order valence-electron chi connectivity index (χ0n) is 10.7. The Hall–Kier alpha value is -1.58. The van der Waals surface area contributed by atoms with Gasteiger partial charge in [-0.25, -0.2) is 4.98 Å². The van der Waals surface area contributed by atoms with Gasteiger partial charge in [-0.05, 0) is 30.9 Å². The van der Waals surface area contributed by atoms with Gasteiger partial charge in [-0.1, -0.05) is 25.7 Å². The van der Waals surface area contributed by atoms with Crippen molar-refractivity contribution in [3.05, 3.63) is 24.0 Å². The molecule has 1 fully saturated rings. The van der Waals surface area contributed by atoms with Crippen molar-refractivity contribution in [1.29, 1.82) is 0 Å². The molecule has 0 aliphatic heterocycles. The van der Waals surface area contributed by atoms with Crippen LogP contribution in [-0.4, -0.2) is 17.4 Å². The fraction of sp³-hybridized carbons (Fsp3) is 0.571. The summed E-state index contributed by atoms with van der Waals surface area (Å²) in [6.45, 7) is 0.737. The number of anilines is 1. The van der Waals surface area contributed by atoms with Crippen LogP contribution >= 0.6 is 0 Å². The highest BCUT2D eigenvalue weighted by molar-refractivity contribution is 5.92. The van der Waals surface area contributed by atoms with Crippen LogP contribution in [0.5, 0.6) is 0 Å². The number of rotatable bonds is 5. The summed E-state index contributed by atoms with van der Waals surface area (Å²) in [4.78, 5) is 15.7. The highest BCUT2D eigenvalue weighted by Gasteiger charge is 2.14. The van der Waals surface area contributed by atoms with Gasteiger partial charge in [0.25, 0.3) is 5.91 Å². The van der Waals surface area contributed by atoms with Crippen LogP contribution in [-0.2, 0) is 0 Å². The third kappa shape index (κ3) is 3.72. The fourth-order valence-corrected chi connectivity index (χ4v) is 2.52. The smallest absolute Gasteiger partial charge is 0.269 e. The zero-order valence-corrected chi connectivity index (χ0v) is 10.7. The van der Waals surface area contributed by atoms with E-state index in [1.54, 1.807) is 12.1 Å². The molecule has 0 radical (unpaired) electrons. The van der Waals surface area contributed by atoms with Gasteiger partial charge in [0.2, 0.25) is 0 Å². The van der Waals surface area contributed by atoms with Crippen molar-refractivity contribution in [2.24, 2.45) is 5.92 Å². The number of nitrogens with zero attached hydrogens (tertiary/aromatic N) is 1. The maximum atomic E-state index is 11.7. The summed E-state index contributed by atoms with van der Waals surface area (Å²) in [6.07, 6.45) is 9.30. The zero-order chi connectivity index (χ0) is 12.8. The molecule has 0 atom stereocenters. The monoisotopic (exact) mass is 247 g/mol. The lowest BCUT2D eigenvalue weighted by Gasteiger charge is -2.09. The van der Waals surface area contributed by atoms with E-state index in [9.17, 15) is 4.79 Å². The fourth-order valence-electron chi connectivity index (χ4n) is 2.52. The van der Waals surface area contributed by atoms with Gasteiger partial charge in [0.05, 0.1) is 11.9 Å². The number of carbonyl (C=O) groups excluding carboxylic acids is 1. The van der Waals surface area contributed by atoms with Crippen LogP contribution < -0.4 is 11.1 Å². The van der Waals surface area contributed by atoms with Gasteiger partial charge < -0.3 is 11.1 Å². The van der Waals surface area contributed by atoms with E-state index in [0.717, 1.165) is 18.9 Å². The maximum absolute atomic E-state index is 11.7. The van der Waals surface area contributed by atoms with Crippen LogP contribution in [0.3, 0.4) is 0 Å². The van der Waals surface area contributed by atoms with Crippen molar-refractivity contribution < 1.29 is 4.79 Å². The second-order valence-electron chi connectivity index (χ2n) is 5.03. The van der Waals surface area contributed by atoms with Gasteiger partial charge in [0.1, 0.15) is 5.69 Å². The van der Waals surface area contributed by atoms with Crippen LogP contribution in [0.15, 0.2) is 18.3 Å². The quantitative estimate of drug-likeness (QED) is 0.785. The van der Waals surface area contributed by atoms with Crippen molar-refractivity contribution >= 4 is 11.6 Å². The number of hydrogen-bond acceptors (Lipinski definition) is 3. The molecule has 0 spiro atoms. The number of aromatic nitrogens is 1. The average Bonchev–Trinajstić information content (AvgIpc) is 2.88. The normalized spacial score (nSPS) is 15.8. The van der Waals surface area contributed by atoms with Gasteiger partial charge in [-0.15, -0.1) is 0 Å². The molecule has 0 aromatic carbocycles. The van der Waals surface area contributed by atoms with E-state index in [1.807, 2.05) is 0 Å². The van der Waals surface area contributed by atoms with E-state index in [1.165, 1.54) is 38.3 Å². The second-order valence-corrected chi connectivity index (χ2v) is 5.03. The first-order valence-electron chi connectivity index (χ1n) is 6.75. The van der Waals surface area contributed by atoms with Gasteiger partial charge in [-0.2, -0.15) is 0 Å².